The van der Waals surface area contributed by atoms with E-state index in [-0.39, 0.29) is 33.6 Å². The van der Waals surface area contributed by atoms with E-state index in [2.05, 4.69) is 20.3 Å². The van der Waals surface area contributed by atoms with Crippen molar-refractivity contribution in [1.82, 2.24) is 29.2 Å². The van der Waals surface area contributed by atoms with Gasteiger partial charge in [0.25, 0.3) is 17.9 Å². The van der Waals surface area contributed by atoms with Gasteiger partial charge in [0.1, 0.15) is 11.0 Å². The van der Waals surface area contributed by atoms with Gasteiger partial charge >= 0.3 is 0 Å². The SMILES string of the molecule is Cc1cc([C@@H](C)Nc2ccc(Cl)nc2C(=O)NS(C)(=O)=O)c2nc(N3CCC(c4ncc(C(F)F)cn4)CC3)n(C)c(=O)c2c1. The molecular weight excluding hydrogens is 630 g/mol. The van der Waals surface area contributed by atoms with Gasteiger partial charge in [0.2, 0.25) is 16.0 Å². The standard InChI is InChI=1S/C29H31ClF2N8O4S/c1-15-11-19(16(2)35-21-5-6-22(30)36-24(21)27(41)38-45(4,43)44)23-20(12-15)28(42)39(3)29(37-23)40-9-7-17(8-10-40)26-33-13-18(14-34-26)25(31)32/h5-6,11-14,16-17,25,35H,7-10H2,1-4H3,(H,38,41)/t16-/m1/s1. The maximum atomic E-state index is 13.6. The van der Waals surface area contributed by atoms with Crippen molar-refractivity contribution >= 4 is 50.1 Å². The predicted octanol–water partition coefficient (Wildman–Crippen LogP) is 4.26. The Morgan fingerprint density at radius 3 is 2.40 bits per heavy atom. The topological polar surface area (TPSA) is 152 Å². The van der Waals surface area contributed by atoms with E-state index in [1.165, 1.54) is 16.7 Å². The zero-order valence-electron chi connectivity index (χ0n) is 24.9. The van der Waals surface area contributed by atoms with Crippen molar-refractivity contribution in [1.29, 1.82) is 0 Å². The van der Waals surface area contributed by atoms with Gasteiger partial charge in [-0.3, -0.25) is 14.2 Å². The summed E-state index contributed by atoms with van der Waals surface area (Å²) in [6.07, 6.45) is 1.83. The predicted molar refractivity (Wildman–Crippen MR) is 166 cm³/mol. The third-order valence-corrected chi connectivity index (χ3v) is 8.38. The first-order chi connectivity index (χ1) is 21.2. The Morgan fingerprint density at radius 2 is 1.78 bits per heavy atom. The minimum absolute atomic E-state index is 0.00294. The van der Waals surface area contributed by atoms with Crippen LogP contribution in [0.5, 0.6) is 0 Å². The number of rotatable bonds is 8. The molecule has 1 aliphatic rings. The average molecular weight is 661 g/mol. The molecule has 4 aromatic rings. The van der Waals surface area contributed by atoms with Crippen LogP contribution in [0.1, 0.15) is 71.2 Å². The first kappa shape index (κ1) is 32.2. The van der Waals surface area contributed by atoms with E-state index >= 15 is 0 Å². The summed E-state index contributed by atoms with van der Waals surface area (Å²) >= 11 is 6.02. The molecule has 4 heterocycles. The summed E-state index contributed by atoms with van der Waals surface area (Å²) in [5.74, 6) is 0.0174. The minimum atomic E-state index is -3.86. The molecule has 2 N–H and O–H groups in total. The summed E-state index contributed by atoms with van der Waals surface area (Å²) in [6, 6.07) is 6.14. The fourth-order valence-electron chi connectivity index (χ4n) is 5.42. The number of alkyl halides is 2. The van der Waals surface area contributed by atoms with E-state index in [9.17, 15) is 26.8 Å². The van der Waals surface area contributed by atoms with E-state index in [1.807, 2.05) is 29.5 Å². The first-order valence-electron chi connectivity index (χ1n) is 14.0. The molecule has 0 saturated carbocycles. The quantitative estimate of drug-likeness (QED) is 0.262. The molecule has 1 aliphatic heterocycles. The highest BCUT2D eigenvalue weighted by Crippen LogP contribution is 2.32. The smallest absolute Gasteiger partial charge is 0.285 e. The van der Waals surface area contributed by atoms with Crippen molar-refractivity contribution < 1.29 is 22.0 Å². The lowest BCUT2D eigenvalue weighted by atomic mass is 9.96. The highest BCUT2D eigenvalue weighted by atomic mass is 35.5. The lowest BCUT2D eigenvalue weighted by Crippen LogP contribution is -2.38. The number of aryl methyl sites for hydroxylation is 1. The number of amides is 1. The van der Waals surface area contributed by atoms with Gasteiger partial charge < -0.3 is 10.2 Å². The van der Waals surface area contributed by atoms with Crippen LogP contribution in [0.25, 0.3) is 10.9 Å². The molecule has 0 unspecified atom stereocenters. The number of nitrogens with zero attached hydrogens (tertiary/aromatic N) is 6. The first-order valence-corrected chi connectivity index (χ1v) is 16.3. The van der Waals surface area contributed by atoms with Crippen molar-refractivity contribution in [2.75, 3.05) is 29.6 Å². The molecule has 45 heavy (non-hydrogen) atoms. The Hall–Kier alpha value is -4.24. The van der Waals surface area contributed by atoms with Gasteiger partial charge in [0.05, 0.1) is 34.5 Å². The highest BCUT2D eigenvalue weighted by molar-refractivity contribution is 7.89. The Kier molecular flexibility index (Phi) is 9.03. The van der Waals surface area contributed by atoms with Gasteiger partial charge in [-0.2, -0.15) is 0 Å². The largest absolute Gasteiger partial charge is 0.377 e. The lowest BCUT2D eigenvalue weighted by Gasteiger charge is -2.33. The van der Waals surface area contributed by atoms with Crippen molar-refractivity contribution in [3.05, 3.63) is 80.4 Å². The maximum Gasteiger partial charge on any atom is 0.285 e. The number of benzene rings is 1. The number of hydrogen-bond donors (Lipinski definition) is 2. The monoisotopic (exact) mass is 660 g/mol. The van der Waals surface area contributed by atoms with E-state index < -0.39 is 28.4 Å². The van der Waals surface area contributed by atoms with Crippen LogP contribution < -0.4 is 20.5 Å². The summed E-state index contributed by atoms with van der Waals surface area (Å²) in [7, 11) is -2.20. The number of hydrogen-bond acceptors (Lipinski definition) is 10. The normalized spacial score (nSPS) is 15.0. The van der Waals surface area contributed by atoms with Crippen LogP contribution in [0.2, 0.25) is 5.15 Å². The summed E-state index contributed by atoms with van der Waals surface area (Å²) in [5.41, 5.74) is 1.53. The Morgan fingerprint density at radius 1 is 1.11 bits per heavy atom. The number of carbonyl (C=O) groups excluding carboxylic acids is 1. The van der Waals surface area contributed by atoms with Crippen molar-refractivity contribution in [2.24, 2.45) is 7.05 Å². The molecule has 1 aromatic carbocycles. The van der Waals surface area contributed by atoms with E-state index in [1.54, 1.807) is 13.1 Å². The van der Waals surface area contributed by atoms with Crippen molar-refractivity contribution in [3.8, 4) is 0 Å². The van der Waals surface area contributed by atoms with E-state index in [0.717, 1.165) is 24.2 Å². The number of sulfonamides is 1. The average Bonchev–Trinajstić information content (AvgIpc) is 2.99. The lowest BCUT2D eigenvalue weighted by molar-refractivity contribution is 0.0977. The third-order valence-electron chi connectivity index (χ3n) is 7.61. The molecule has 12 nitrogen and oxygen atoms in total. The number of nitrogens with one attached hydrogen (secondary N) is 2. The van der Waals surface area contributed by atoms with Gasteiger partial charge in [0, 0.05) is 44.0 Å². The number of halogens is 3. The van der Waals surface area contributed by atoms with Gasteiger partial charge in [-0.05, 0) is 50.5 Å². The van der Waals surface area contributed by atoms with Crippen LogP contribution in [-0.4, -0.2) is 58.2 Å². The molecule has 238 valence electrons. The Balaban J connectivity index is 1.45. The fraction of sp³-hybridized carbons (Fsp3) is 0.379. The number of carbonyl (C=O) groups is 1. The second-order valence-corrected chi connectivity index (χ2v) is 13.2. The molecule has 0 radical (unpaired) electrons. The molecular formula is C29H31ClF2N8O4S. The van der Waals surface area contributed by atoms with Gasteiger partial charge in [-0.15, -0.1) is 0 Å². The Bertz CT molecular complexity index is 1930. The zero-order chi connectivity index (χ0) is 32.6. The molecule has 1 amide bonds. The molecule has 1 fully saturated rings. The van der Waals surface area contributed by atoms with Crippen LogP contribution in [-0.2, 0) is 17.1 Å². The summed E-state index contributed by atoms with van der Waals surface area (Å²) in [6.45, 7) is 4.77. The number of piperidine rings is 1. The van der Waals surface area contributed by atoms with Gasteiger partial charge in [-0.25, -0.2) is 41.9 Å². The van der Waals surface area contributed by atoms with Crippen LogP contribution in [0, 0.1) is 6.92 Å². The maximum absolute atomic E-state index is 13.6. The van der Waals surface area contributed by atoms with Gasteiger partial charge in [0.15, 0.2) is 5.69 Å². The second kappa shape index (κ2) is 12.6. The molecule has 0 spiro atoms. The number of anilines is 2. The minimum Gasteiger partial charge on any atom is -0.377 e. The summed E-state index contributed by atoms with van der Waals surface area (Å²) in [4.78, 5) is 45.6. The van der Waals surface area contributed by atoms with Crippen LogP contribution >= 0.6 is 11.6 Å². The highest BCUT2D eigenvalue weighted by Gasteiger charge is 2.27. The molecule has 1 atom stereocenters. The van der Waals surface area contributed by atoms with Crippen LogP contribution in [0.3, 0.4) is 0 Å². The molecule has 0 aliphatic carbocycles. The molecule has 0 bridgehead atoms. The molecule has 16 heteroatoms. The van der Waals surface area contributed by atoms with E-state index in [0.29, 0.717) is 54.2 Å². The zero-order valence-corrected chi connectivity index (χ0v) is 26.5. The number of pyridine rings is 1. The summed E-state index contributed by atoms with van der Waals surface area (Å²) < 4.78 is 52.6. The van der Waals surface area contributed by atoms with Crippen LogP contribution in [0.4, 0.5) is 20.4 Å². The Labute approximate surface area is 262 Å². The fourth-order valence-corrected chi connectivity index (χ4v) is 6.00. The van der Waals surface area contributed by atoms with Crippen LogP contribution in [0.15, 0.2) is 41.5 Å². The number of aromatic nitrogens is 5. The van der Waals surface area contributed by atoms with Crippen molar-refractivity contribution in [2.45, 2.75) is 45.1 Å². The third kappa shape index (κ3) is 7.04. The second-order valence-electron chi connectivity index (χ2n) is 11.1. The van der Waals surface area contributed by atoms with Crippen molar-refractivity contribution in [3.63, 3.8) is 0 Å². The molecule has 1 saturated heterocycles. The number of fused-ring (bicyclic) bond motifs is 1. The molecule has 5 rings (SSSR count). The molecule has 3 aromatic heterocycles. The van der Waals surface area contributed by atoms with E-state index in [4.69, 9.17) is 16.6 Å². The summed E-state index contributed by atoms with van der Waals surface area (Å²) in [5, 5.41) is 3.62. The van der Waals surface area contributed by atoms with Gasteiger partial charge in [-0.1, -0.05) is 17.7 Å².